The maximum Gasteiger partial charge on any atom is 0.197 e. The maximum absolute atomic E-state index is 5.93. The maximum atomic E-state index is 5.93. The van der Waals surface area contributed by atoms with E-state index in [1.807, 2.05) is 23.6 Å². The van der Waals surface area contributed by atoms with Gasteiger partial charge < -0.3 is 5.73 Å². The Morgan fingerprint density at radius 2 is 1.95 bits per heavy atom. The van der Waals surface area contributed by atoms with Gasteiger partial charge in [-0.2, -0.15) is 0 Å². The van der Waals surface area contributed by atoms with Gasteiger partial charge in [-0.1, -0.05) is 18.2 Å². The van der Waals surface area contributed by atoms with E-state index in [-0.39, 0.29) is 0 Å². The molecule has 2 N–H and O–H groups in total. The van der Waals surface area contributed by atoms with E-state index in [0.717, 1.165) is 35.2 Å². The van der Waals surface area contributed by atoms with Gasteiger partial charge in [0.05, 0.1) is 0 Å². The third-order valence-corrected chi connectivity index (χ3v) is 4.63. The Labute approximate surface area is 126 Å². The molecule has 4 rings (SSSR count). The molecule has 106 valence electrons. The fraction of sp³-hybridized carbons (Fsp3) is 0.267. The molecule has 5 nitrogen and oxygen atoms in total. The zero-order valence-electron chi connectivity index (χ0n) is 11.4. The van der Waals surface area contributed by atoms with Gasteiger partial charge in [0.15, 0.2) is 10.8 Å². The first kappa shape index (κ1) is 12.7. The van der Waals surface area contributed by atoms with E-state index in [1.54, 1.807) is 17.5 Å². The summed E-state index contributed by atoms with van der Waals surface area (Å²) in [5.41, 5.74) is 7.00. The van der Waals surface area contributed by atoms with Gasteiger partial charge in [0, 0.05) is 29.2 Å². The molecule has 1 aliphatic carbocycles. The fourth-order valence-electron chi connectivity index (χ4n) is 2.74. The lowest BCUT2D eigenvalue weighted by Gasteiger charge is -2.31. The number of hydrogen-bond donors (Lipinski definition) is 1. The van der Waals surface area contributed by atoms with Crippen molar-refractivity contribution in [3.8, 4) is 16.5 Å². The van der Waals surface area contributed by atoms with Crippen molar-refractivity contribution >= 4 is 11.3 Å². The summed E-state index contributed by atoms with van der Waals surface area (Å²) >= 11 is 1.58. The number of benzene rings is 1. The van der Waals surface area contributed by atoms with Crippen molar-refractivity contribution in [2.24, 2.45) is 5.73 Å². The lowest BCUT2D eigenvalue weighted by atomic mass is 9.80. The lowest BCUT2D eigenvalue weighted by Crippen LogP contribution is -2.36. The molecular weight excluding hydrogens is 282 g/mol. The molecular formula is C15H15N5S. The van der Waals surface area contributed by atoms with Crippen molar-refractivity contribution in [1.29, 1.82) is 0 Å². The topological polar surface area (TPSA) is 69.6 Å². The van der Waals surface area contributed by atoms with Crippen molar-refractivity contribution < 1.29 is 0 Å². The highest BCUT2D eigenvalue weighted by Crippen LogP contribution is 2.37. The van der Waals surface area contributed by atoms with Crippen molar-refractivity contribution in [2.45, 2.75) is 24.8 Å². The number of para-hydroxylation sites is 1. The lowest BCUT2D eigenvalue weighted by molar-refractivity contribution is 0.335. The Morgan fingerprint density at radius 3 is 2.62 bits per heavy atom. The van der Waals surface area contributed by atoms with Crippen LogP contribution >= 0.6 is 11.3 Å². The second kappa shape index (κ2) is 5.05. The Morgan fingerprint density at radius 1 is 1.14 bits per heavy atom. The third kappa shape index (κ3) is 2.16. The predicted octanol–water partition coefficient (Wildman–Crippen LogP) is 2.60. The standard InChI is InChI=1S/C15H15N5S/c16-11-8-10(9-11)13-18-19-14(15-17-6-7-21-15)20(13)12-4-2-1-3-5-12/h1-7,10-11H,8-9,16H2. The van der Waals surface area contributed by atoms with Crippen LogP contribution in [-0.2, 0) is 0 Å². The van der Waals surface area contributed by atoms with Crippen molar-refractivity contribution in [3.05, 3.63) is 47.7 Å². The first-order valence-electron chi connectivity index (χ1n) is 6.99. The van der Waals surface area contributed by atoms with Crippen molar-refractivity contribution in [2.75, 3.05) is 0 Å². The minimum Gasteiger partial charge on any atom is -0.328 e. The summed E-state index contributed by atoms with van der Waals surface area (Å²) in [5.74, 6) is 2.20. The van der Waals surface area contributed by atoms with Crippen LogP contribution in [0.15, 0.2) is 41.9 Å². The van der Waals surface area contributed by atoms with E-state index in [0.29, 0.717) is 12.0 Å². The first-order valence-corrected chi connectivity index (χ1v) is 7.87. The number of aromatic nitrogens is 4. The molecule has 6 heteroatoms. The molecule has 2 heterocycles. The van der Waals surface area contributed by atoms with Crippen LogP contribution in [0.5, 0.6) is 0 Å². The molecule has 1 saturated carbocycles. The van der Waals surface area contributed by atoms with E-state index in [9.17, 15) is 0 Å². The van der Waals surface area contributed by atoms with Gasteiger partial charge in [-0.25, -0.2) is 4.98 Å². The highest BCUT2D eigenvalue weighted by atomic mass is 32.1. The highest BCUT2D eigenvalue weighted by molar-refractivity contribution is 7.13. The van der Waals surface area contributed by atoms with Gasteiger partial charge in [-0.15, -0.1) is 21.5 Å². The van der Waals surface area contributed by atoms with Gasteiger partial charge >= 0.3 is 0 Å². The molecule has 0 amide bonds. The SMILES string of the molecule is NC1CC(c2nnc(-c3nccs3)n2-c2ccccc2)C1. The predicted molar refractivity (Wildman–Crippen MR) is 82.4 cm³/mol. The molecule has 0 unspecified atom stereocenters. The minimum absolute atomic E-state index is 0.291. The average molecular weight is 297 g/mol. The summed E-state index contributed by atoms with van der Waals surface area (Å²) in [4.78, 5) is 4.37. The van der Waals surface area contributed by atoms with E-state index < -0.39 is 0 Å². The largest absolute Gasteiger partial charge is 0.328 e. The van der Waals surface area contributed by atoms with Gasteiger partial charge in [0.2, 0.25) is 0 Å². The fourth-order valence-corrected chi connectivity index (χ4v) is 3.35. The molecule has 1 fully saturated rings. The summed E-state index contributed by atoms with van der Waals surface area (Å²) in [6, 6.07) is 10.5. The molecule has 0 bridgehead atoms. The Bertz CT molecular complexity index is 729. The summed E-state index contributed by atoms with van der Waals surface area (Å²) in [7, 11) is 0. The molecule has 0 radical (unpaired) electrons. The van der Waals surface area contributed by atoms with Crippen molar-refractivity contribution in [3.63, 3.8) is 0 Å². The van der Waals surface area contributed by atoms with Crippen molar-refractivity contribution in [1.82, 2.24) is 19.7 Å². The number of nitrogens with two attached hydrogens (primary N) is 1. The van der Waals surface area contributed by atoms with E-state index in [1.165, 1.54) is 0 Å². The zero-order valence-corrected chi connectivity index (χ0v) is 12.2. The normalized spacial score (nSPS) is 21.2. The molecule has 21 heavy (non-hydrogen) atoms. The summed E-state index contributed by atoms with van der Waals surface area (Å²) in [6.07, 6.45) is 3.74. The monoisotopic (exact) mass is 297 g/mol. The van der Waals surface area contributed by atoms with Gasteiger partial charge in [0.1, 0.15) is 5.82 Å². The molecule has 0 aliphatic heterocycles. The minimum atomic E-state index is 0.291. The zero-order chi connectivity index (χ0) is 14.2. The molecule has 3 aromatic rings. The number of thiazole rings is 1. The van der Waals surface area contributed by atoms with Crippen LogP contribution in [0.2, 0.25) is 0 Å². The first-order chi connectivity index (χ1) is 10.3. The van der Waals surface area contributed by atoms with E-state index in [2.05, 4.69) is 31.9 Å². The summed E-state index contributed by atoms with van der Waals surface area (Å²) in [6.45, 7) is 0. The third-order valence-electron chi connectivity index (χ3n) is 3.87. The van der Waals surface area contributed by atoms with Crippen LogP contribution in [0.25, 0.3) is 16.5 Å². The smallest absolute Gasteiger partial charge is 0.197 e. The molecule has 0 atom stereocenters. The summed E-state index contributed by atoms with van der Waals surface area (Å²) in [5, 5.41) is 11.7. The van der Waals surface area contributed by atoms with Gasteiger partial charge in [0.25, 0.3) is 0 Å². The van der Waals surface area contributed by atoms with Crippen LogP contribution in [-0.4, -0.2) is 25.8 Å². The van der Waals surface area contributed by atoms with E-state index in [4.69, 9.17) is 5.73 Å². The molecule has 1 aliphatic rings. The van der Waals surface area contributed by atoms with Crippen LogP contribution < -0.4 is 5.73 Å². The molecule has 1 aromatic carbocycles. The number of nitrogens with zero attached hydrogens (tertiary/aromatic N) is 4. The number of hydrogen-bond acceptors (Lipinski definition) is 5. The van der Waals surface area contributed by atoms with Crippen LogP contribution in [0, 0.1) is 0 Å². The van der Waals surface area contributed by atoms with E-state index >= 15 is 0 Å². The van der Waals surface area contributed by atoms with Gasteiger partial charge in [-0.05, 0) is 25.0 Å². The molecule has 2 aromatic heterocycles. The Kier molecular flexibility index (Phi) is 3.05. The summed E-state index contributed by atoms with van der Waals surface area (Å²) < 4.78 is 2.12. The Hall–Kier alpha value is -2.05. The van der Waals surface area contributed by atoms with Crippen LogP contribution in [0.3, 0.4) is 0 Å². The van der Waals surface area contributed by atoms with Gasteiger partial charge in [-0.3, -0.25) is 4.57 Å². The van der Waals surface area contributed by atoms with Crippen LogP contribution in [0.4, 0.5) is 0 Å². The molecule has 0 spiro atoms. The highest BCUT2D eigenvalue weighted by Gasteiger charge is 2.33. The Balaban J connectivity index is 1.85. The average Bonchev–Trinajstić information content (AvgIpc) is 3.13. The second-order valence-electron chi connectivity index (χ2n) is 5.32. The quantitative estimate of drug-likeness (QED) is 0.806. The number of rotatable bonds is 3. The molecule has 0 saturated heterocycles. The van der Waals surface area contributed by atoms with Crippen LogP contribution in [0.1, 0.15) is 24.6 Å². The second-order valence-corrected chi connectivity index (χ2v) is 6.21.